The van der Waals surface area contributed by atoms with E-state index in [1.807, 2.05) is 62.4 Å². The van der Waals surface area contributed by atoms with Gasteiger partial charge in [0.15, 0.2) is 0 Å². The molecule has 0 radical (unpaired) electrons. The molecule has 0 N–H and O–H groups in total. The highest BCUT2D eigenvalue weighted by Gasteiger charge is 2.01. The van der Waals surface area contributed by atoms with E-state index in [9.17, 15) is 0 Å². The third-order valence-corrected chi connectivity index (χ3v) is 2.89. The molecule has 1 nitrogen and oxygen atoms in total. The molecule has 0 fully saturated rings. The molecule has 0 unspecified atom stereocenters. The predicted molar refractivity (Wildman–Crippen MR) is 86.5 cm³/mol. The predicted octanol–water partition coefficient (Wildman–Crippen LogP) is 5.44. The topological polar surface area (TPSA) is 12.9 Å². The number of benzene rings is 2. The van der Waals surface area contributed by atoms with Gasteiger partial charge in [-0.25, -0.2) is 4.98 Å². The molecule has 1 aromatic heterocycles. The number of nitrogens with zero attached hydrogens (tertiary/aromatic N) is 1. The Morgan fingerprint density at radius 2 is 0.900 bits per heavy atom. The van der Waals surface area contributed by atoms with E-state index in [2.05, 4.69) is 30.3 Å². The Hall–Kier alpha value is -2.41. The number of hydrogen-bond donors (Lipinski definition) is 0. The zero-order valence-electron chi connectivity index (χ0n) is 12.0. The van der Waals surface area contributed by atoms with Crippen LogP contribution in [-0.2, 0) is 0 Å². The van der Waals surface area contributed by atoms with Crippen molar-refractivity contribution in [1.82, 2.24) is 4.98 Å². The van der Waals surface area contributed by atoms with Crippen molar-refractivity contribution in [2.45, 2.75) is 13.8 Å². The van der Waals surface area contributed by atoms with Crippen molar-refractivity contribution < 1.29 is 0 Å². The lowest BCUT2D eigenvalue weighted by Gasteiger charge is -2.04. The smallest absolute Gasteiger partial charge is 0.0709 e. The van der Waals surface area contributed by atoms with Crippen LogP contribution in [0.25, 0.3) is 22.5 Å². The molecule has 0 aliphatic heterocycles. The van der Waals surface area contributed by atoms with Crippen molar-refractivity contribution in [3.8, 4) is 22.5 Å². The lowest BCUT2D eigenvalue weighted by atomic mass is 10.1. The molecule has 0 spiro atoms. The third-order valence-electron chi connectivity index (χ3n) is 2.89. The maximum absolute atomic E-state index is 4.71. The van der Waals surface area contributed by atoms with Gasteiger partial charge in [-0.3, -0.25) is 0 Å². The zero-order valence-corrected chi connectivity index (χ0v) is 12.0. The summed E-state index contributed by atoms with van der Waals surface area (Å²) in [5.41, 5.74) is 4.32. The van der Waals surface area contributed by atoms with Crippen LogP contribution in [0.15, 0.2) is 78.9 Å². The largest absolute Gasteiger partial charge is 0.248 e. The molecule has 1 heterocycles. The molecule has 0 saturated carbocycles. The number of aromatic nitrogens is 1. The van der Waals surface area contributed by atoms with Gasteiger partial charge in [0.05, 0.1) is 11.4 Å². The summed E-state index contributed by atoms with van der Waals surface area (Å²) in [6.45, 7) is 4.00. The minimum atomic E-state index is 1.01. The molecule has 0 aliphatic rings. The van der Waals surface area contributed by atoms with E-state index in [-0.39, 0.29) is 0 Å². The highest BCUT2D eigenvalue weighted by atomic mass is 14.7. The van der Waals surface area contributed by atoms with Crippen LogP contribution in [0.5, 0.6) is 0 Å². The summed E-state index contributed by atoms with van der Waals surface area (Å²) >= 11 is 0. The van der Waals surface area contributed by atoms with E-state index in [0.29, 0.717) is 0 Å². The first-order chi connectivity index (χ1) is 9.93. The van der Waals surface area contributed by atoms with Crippen LogP contribution in [0.3, 0.4) is 0 Å². The maximum atomic E-state index is 4.71. The van der Waals surface area contributed by atoms with Crippen molar-refractivity contribution in [2.75, 3.05) is 0 Å². The average molecular weight is 261 g/mol. The fraction of sp³-hybridized carbons (Fsp3) is 0.105. The van der Waals surface area contributed by atoms with Gasteiger partial charge < -0.3 is 0 Å². The second kappa shape index (κ2) is 7.25. The Morgan fingerprint density at radius 1 is 0.500 bits per heavy atom. The second-order valence-electron chi connectivity index (χ2n) is 4.14. The van der Waals surface area contributed by atoms with Crippen LogP contribution in [-0.4, -0.2) is 4.98 Å². The zero-order chi connectivity index (χ0) is 14.2. The van der Waals surface area contributed by atoms with Gasteiger partial charge >= 0.3 is 0 Å². The standard InChI is InChI=1S/C17H13N.C2H6/c1-3-8-14(9-4-1)16-12-7-13-17(18-16)15-10-5-2-6-11-15;1-2/h1-13H;1-2H3. The van der Waals surface area contributed by atoms with E-state index in [1.165, 1.54) is 0 Å². The van der Waals surface area contributed by atoms with Crippen LogP contribution in [0.2, 0.25) is 0 Å². The molecule has 0 aliphatic carbocycles. The molecule has 3 aromatic rings. The molecular formula is C19H19N. The summed E-state index contributed by atoms with van der Waals surface area (Å²) in [5.74, 6) is 0. The number of pyridine rings is 1. The molecule has 100 valence electrons. The van der Waals surface area contributed by atoms with E-state index >= 15 is 0 Å². The summed E-state index contributed by atoms with van der Waals surface area (Å²) in [5, 5.41) is 0. The van der Waals surface area contributed by atoms with Crippen LogP contribution in [0, 0.1) is 0 Å². The van der Waals surface area contributed by atoms with E-state index in [0.717, 1.165) is 22.5 Å². The van der Waals surface area contributed by atoms with Crippen molar-refractivity contribution in [3.63, 3.8) is 0 Å². The minimum absolute atomic E-state index is 1.01. The van der Waals surface area contributed by atoms with Gasteiger partial charge in [0.2, 0.25) is 0 Å². The average Bonchev–Trinajstić information content (AvgIpc) is 2.58. The fourth-order valence-electron chi connectivity index (χ4n) is 1.97. The molecule has 3 rings (SSSR count). The number of hydrogen-bond acceptors (Lipinski definition) is 1. The van der Waals surface area contributed by atoms with Crippen molar-refractivity contribution >= 4 is 0 Å². The van der Waals surface area contributed by atoms with E-state index < -0.39 is 0 Å². The Kier molecular flexibility index (Phi) is 5.08. The van der Waals surface area contributed by atoms with Crippen LogP contribution >= 0.6 is 0 Å². The molecular weight excluding hydrogens is 242 g/mol. The molecule has 20 heavy (non-hydrogen) atoms. The van der Waals surface area contributed by atoms with Gasteiger partial charge in [-0.2, -0.15) is 0 Å². The van der Waals surface area contributed by atoms with Crippen LogP contribution < -0.4 is 0 Å². The van der Waals surface area contributed by atoms with Crippen molar-refractivity contribution in [1.29, 1.82) is 0 Å². The van der Waals surface area contributed by atoms with E-state index in [4.69, 9.17) is 4.98 Å². The minimum Gasteiger partial charge on any atom is -0.248 e. The van der Waals surface area contributed by atoms with Gasteiger partial charge in [0.1, 0.15) is 0 Å². The first kappa shape index (κ1) is 14.0. The first-order valence-electron chi connectivity index (χ1n) is 7.01. The second-order valence-corrected chi connectivity index (χ2v) is 4.14. The van der Waals surface area contributed by atoms with Gasteiger partial charge in [0, 0.05) is 11.1 Å². The molecule has 0 amide bonds. The summed E-state index contributed by atoms with van der Waals surface area (Å²) in [6, 6.07) is 26.6. The van der Waals surface area contributed by atoms with Gasteiger partial charge in [-0.1, -0.05) is 80.6 Å². The molecule has 2 aromatic carbocycles. The molecule has 0 atom stereocenters. The van der Waals surface area contributed by atoms with Crippen LogP contribution in [0.1, 0.15) is 13.8 Å². The lowest BCUT2D eigenvalue weighted by Crippen LogP contribution is -1.87. The fourth-order valence-corrected chi connectivity index (χ4v) is 1.97. The highest BCUT2D eigenvalue weighted by Crippen LogP contribution is 2.21. The van der Waals surface area contributed by atoms with Gasteiger partial charge in [-0.15, -0.1) is 0 Å². The number of rotatable bonds is 2. The monoisotopic (exact) mass is 261 g/mol. The van der Waals surface area contributed by atoms with Gasteiger partial charge in [0.25, 0.3) is 0 Å². The quantitative estimate of drug-likeness (QED) is 0.598. The molecule has 1 heteroatoms. The van der Waals surface area contributed by atoms with Crippen molar-refractivity contribution in [3.05, 3.63) is 78.9 Å². The Bertz CT molecular complexity index is 575. The van der Waals surface area contributed by atoms with Crippen molar-refractivity contribution in [2.24, 2.45) is 0 Å². The van der Waals surface area contributed by atoms with Gasteiger partial charge in [-0.05, 0) is 12.1 Å². The first-order valence-corrected chi connectivity index (χ1v) is 7.01. The normalized spacial score (nSPS) is 9.50. The van der Waals surface area contributed by atoms with E-state index in [1.54, 1.807) is 0 Å². The Labute approximate surface area is 121 Å². The van der Waals surface area contributed by atoms with Crippen LogP contribution in [0.4, 0.5) is 0 Å². The summed E-state index contributed by atoms with van der Waals surface area (Å²) in [7, 11) is 0. The SMILES string of the molecule is CC.c1ccc(-c2cccc(-c3ccccc3)n2)cc1. The lowest BCUT2D eigenvalue weighted by molar-refractivity contribution is 1.32. The Morgan fingerprint density at radius 3 is 1.30 bits per heavy atom. The Balaban J connectivity index is 0.000000704. The summed E-state index contributed by atoms with van der Waals surface area (Å²) in [4.78, 5) is 4.71. The maximum Gasteiger partial charge on any atom is 0.0709 e. The molecule has 0 bridgehead atoms. The highest BCUT2D eigenvalue weighted by molar-refractivity contribution is 5.65. The summed E-state index contributed by atoms with van der Waals surface area (Å²) < 4.78 is 0. The summed E-state index contributed by atoms with van der Waals surface area (Å²) in [6.07, 6.45) is 0. The molecule has 0 saturated heterocycles. The third kappa shape index (κ3) is 3.33.